The van der Waals surface area contributed by atoms with Gasteiger partial charge in [0.2, 0.25) is 0 Å². The molecule has 0 rings (SSSR count). The van der Waals surface area contributed by atoms with Crippen LogP contribution >= 0.6 is 22.8 Å². The van der Waals surface area contributed by atoms with Gasteiger partial charge in [-0.2, -0.15) is 0 Å². The zero-order valence-electron chi connectivity index (χ0n) is 81.4. The van der Waals surface area contributed by atoms with Crippen LogP contribution in [0.15, 0.2) is 72.9 Å². The number of unbranched alkanes of at least 4 members (excludes halogenated alkanes) is 81. The second-order valence-electron chi connectivity index (χ2n) is 36.8. The Hall–Kier alpha value is -0.0710. The van der Waals surface area contributed by atoms with Gasteiger partial charge in [-0.05, 0) is 192 Å². The maximum atomic E-state index is 10.6. The first kappa shape index (κ1) is 130. The minimum absolute atomic E-state index is 0. The van der Waals surface area contributed by atoms with E-state index in [9.17, 15) is 43.1 Å². The van der Waals surface area contributed by atoms with E-state index in [-0.39, 0.29) is 52.6 Å². The van der Waals surface area contributed by atoms with E-state index < -0.39 is 22.8 Å². The fourth-order valence-electron chi connectivity index (χ4n) is 16.3. The van der Waals surface area contributed by atoms with Crippen molar-refractivity contribution < 1.29 is 77.2 Å². The van der Waals surface area contributed by atoms with Crippen molar-refractivity contribution in [1.29, 1.82) is 0 Å². The zero-order valence-corrected chi connectivity index (χ0v) is 86.3. The van der Waals surface area contributed by atoms with Crippen LogP contribution in [0.3, 0.4) is 0 Å². The summed E-state index contributed by atoms with van der Waals surface area (Å²) in [7, 11) is -12.8. The standard InChI is InChI=1S/3C36H71O3P.2Fe/c3*1-2-3-4-5-6-7-8-9-10-11-12-13-14-15-16-17-18-19-20-21-22-23-24-25-26-27-28-29-30-31-32-33-34-35-36-40(37,38)39;;/h3*9-10,27-28H,2-8,11-26,29-36H2,1H3,(H2,37,38,39);;/q;;;2*+3/p-6/b3*10-9-,28-27-;;. The molecule has 14 heteroatoms. The second-order valence-corrected chi connectivity index (χ2v) is 41.8. The number of hydrogen-bond donors (Lipinski definition) is 0. The molecule has 2 radical (unpaired) electrons. The summed E-state index contributed by atoms with van der Waals surface area (Å²) in [6.45, 7) is 6.86. The monoisotopic (exact) mass is 1850 g/mol. The predicted octanol–water partition coefficient (Wildman–Crippen LogP) is 35.2. The Kier molecular flexibility index (Phi) is 123. The topological polar surface area (TPSA) is 190 Å². The summed E-state index contributed by atoms with van der Waals surface area (Å²) >= 11 is 0. The third-order valence-corrected chi connectivity index (χ3v) is 26.9. The summed E-state index contributed by atoms with van der Waals surface area (Å²) in [6, 6.07) is 0. The minimum Gasteiger partial charge on any atom is -0.811 e. The van der Waals surface area contributed by atoms with Crippen LogP contribution in [-0.4, -0.2) is 18.5 Å². The predicted molar refractivity (Wildman–Crippen MR) is 525 cm³/mol. The van der Waals surface area contributed by atoms with Gasteiger partial charge in [-0.15, -0.1) is 0 Å². The van der Waals surface area contributed by atoms with Crippen LogP contribution in [0.25, 0.3) is 0 Å². The Morgan fingerprint density at radius 3 is 0.287 bits per heavy atom. The molecule has 0 aromatic rings. The molecule has 0 spiro atoms. The van der Waals surface area contributed by atoms with Crippen LogP contribution in [0, 0.1) is 0 Å². The third-order valence-electron chi connectivity index (χ3n) is 24.3. The molecule has 0 atom stereocenters. The molecule has 0 unspecified atom stereocenters. The van der Waals surface area contributed by atoms with Crippen LogP contribution in [0.1, 0.15) is 599 Å². The number of hydrogen-bond acceptors (Lipinski definition) is 9. The van der Waals surface area contributed by atoms with Gasteiger partial charge in [-0.25, -0.2) is 0 Å². The van der Waals surface area contributed by atoms with E-state index in [1.165, 1.54) is 482 Å². The zero-order chi connectivity index (χ0) is 87.7. The summed E-state index contributed by atoms with van der Waals surface area (Å²) in [5, 5.41) is 0. The molecule has 0 aliphatic heterocycles. The normalized spacial score (nSPS) is 12.2. The molecule has 0 aliphatic rings. The van der Waals surface area contributed by atoms with Crippen molar-refractivity contribution in [2.75, 3.05) is 18.5 Å². The molecule has 0 aromatic heterocycles. The molecule has 0 fully saturated rings. The molecule has 724 valence electrons. The van der Waals surface area contributed by atoms with Crippen LogP contribution in [0.4, 0.5) is 0 Å². The van der Waals surface area contributed by atoms with Crippen molar-refractivity contribution in [3.8, 4) is 0 Å². The second kappa shape index (κ2) is 115. The van der Waals surface area contributed by atoms with Crippen molar-refractivity contribution in [3.63, 3.8) is 0 Å². The molecule has 0 aliphatic carbocycles. The van der Waals surface area contributed by atoms with E-state index >= 15 is 0 Å². The first-order valence-corrected chi connectivity index (χ1v) is 58.8. The maximum Gasteiger partial charge on any atom is 3.00 e. The van der Waals surface area contributed by atoms with E-state index in [1.807, 2.05) is 0 Å². The van der Waals surface area contributed by atoms with E-state index in [0.717, 1.165) is 77.0 Å². The summed E-state index contributed by atoms with van der Waals surface area (Å²) in [5.74, 6) is 0. The molecule has 0 aromatic carbocycles. The van der Waals surface area contributed by atoms with Gasteiger partial charge < -0.3 is 43.1 Å². The van der Waals surface area contributed by atoms with E-state index in [4.69, 9.17) is 0 Å². The van der Waals surface area contributed by atoms with Gasteiger partial charge in [0.1, 0.15) is 0 Å². The van der Waals surface area contributed by atoms with Gasteiger partial charge in [0.25, 0.3) is 0 Å². The first-order valence-electron chi connectivity index (χ1n) is 53.6. The van der Waals surface area contributed by atoms with Crippen molar-refractivity contribution >= 4 is 22.8 Å². The summed E-state index contributed by atoms with van der Waals surface area (Å²) in [4.78, 5) is 63.4. The minimum atomic E-state index is -4.28. The largest absolute Gasteiger partial charge is 3.00 e. The van der Waals surface area contributed by atoms with Gasteiger partial charge in [-0.1, -0.05) is 521 Å². The quantitative estimate of drug-likeness (QED) is 0.0247. The fourth-order valence-corrected chi connectivity index (χ4v) is 18.1. The number of rotatable bonds is 99. The molecule has 0 saturated heterocycles. The van der Waals surface area contributed by atoms with Gasteiger partial charge in [0.05, 0.1) is 0 Å². The molecular formula is C108H207Fe2O9P3. The Morgan fingerprint density at radius 2 is 0.205 bits per heavy atom. The van der Waals surface area contributed by atoms with E-state index in [2.05, 4.69) is 93.7 Å². The van der Waals surface area contributed by atoms with Crippen molar-refractivity contribution in [2.45, 2.75) is 599 Å². The Morgan fingerprint density at radius 1 is 0.131 bits per heavy atom. The van der Waals surface area contributed by atoms with Crippen molar-refractivity contribution in [1.82, 2.24) is 0 Å². The molecule has 0 N–H and O–H groups in total. The molecule has 9 nitrogen and oxygen atoms in total. The van der Waals surface area contributed by atoms with Crippen LogP contribution in [0.2, 0.25) is 0 Å². The van der Waals surface area contributed by atoms with Gasteiger partial charge in [0, 0.05) is 0 Å². The smallest absolute Gasteiger partial charge is 0.811 e. The fraction of sp³-hybridized carbons (Fsp3) is 0.889. The molecule has 0 heterocycles. The molecular weight excluding hydrogens is 1650 g/mol. The van der Waals surface area contributed by atoms with Crippen LogP contribution in [-0.2, 0) is 47.8 Å². The SMILES string of the molecule is CCCCCCCC/C=C\CCCCCCCCCCCCCCCC/C=C\CCCCCCCCP(=O)([O-])[O-].CCCCCCCC/C=C\CCCCCCCCCCCCCCCC/C=C\CCCCCCCCP(=O)([O-])[O-].CCCCCCCC/C=C\CCCCCCCCCCCCCCCC/C=C\CCCCCCCCP(=O)([O-])[O-].[Fe+3].[Fe+3]. The Bertz CT molecular complexity index is 2000. The van der Waals surface area contributed by atoms with Crippen molar-refractivity contribution in [2.24, 2.45) is 0 Å². The summed E-state index contributed by atoms with van der Waals surface area (Å²) in [5.41, 5.74) is 0. The number of allylic oxidation sites excluding steroid dienone is 12. The first-order chi connectivity index (χ1) is 58.7. The third kappa shape index (κ3) is 138. The maximum absolute atomic E-state index is 10.6. The van der Waals surface area contributed by atoms with E-state index in [1.54, 1.807) is 0 Å². The van der Waals surface area contributed by atoms with Crippen molar-refractivity contribution in [3.05, 3.63) is 72.9 Å². The van der Waals surface area contributed by atoms with Gasteiger partial charge >= 0.3 is 34.1 Å². The summed E-state index contributed by atoms with van der Waals surface area (Å²) in [6.07, 6.45) is 146. The summed E-state index contributed by atoms with van der Waals surface area (Å²) < 4.78 is 31.7. The molecule has 122 heavy (non-hydrogen) atoms. The van der Waals surface area contributed by atoms with Crippen LogP contribution < -0.4 is 29.4 Å². The molecule has 0 saturated carbocycles. The average molecular weight is 1850 g/mol. The average Bonchev–Trinajstić information content (AvgIpc) is 1.00. The Labute approximate surface area is 784 Å². The van der Waals surface area contributed by atoms with E-state index in [0.29, 0.717) is 19.3 Å². The van der Waals surface area contributed by atoms with Gasteiger partial charge in [-0.3, -0.25) is 0 Å². The Balaban J connectivity index is -0.000000556. The molecule has 0 bridgehead atoms. The molecule has 0 amide bonds. The van der Waals surface area contributed by atoms with Crippen LogP contribution in [0.5, 0.6) is 0 Å². The van der Waals surface area contributed by atoms with Gasteiger partial charge in [0.15, 0.2) is 0 Å².